The summed E-state index contributed by atoms with van der Waals surface area (Å²) >= 11 is 1.49. The van der Waals surface area contributed by atoms with Gasteiger partial charge in [0.2, 0.25) is 11.9 Å². The molecule has 184 valence electrons. The van der Waals surface area contributed by atoms with Gasteiger partial charge in [0, 0.05) is 44.0 Å². The molecule has 11 heteroatoms. The molecule has 3 N–H and O–H groups in total. The van der Waals surface area contributed by atoms with Crippen molar-refractivity contribution in [3.63, 3.8) is 0 Å². The highest BCUT2D eigenvalue weighted by molar-refractivity contribution is 7.21. The molecule has 0 aromatic carbocycles. The Hall–Kier alpha value is -3.15. The molecule has 0 unspecified atom stereocenters. The Morgan fingerprint density at radius 2 is 2.09 bits per heavy atom. The molecule has 3 aromatic heterocycles. The van der Waals surface area contributed by atoms with Gasteiger partial charge in [0.25, 0.3) is 0 Å². The monoisotopic (exact) mass is 494 g/mol. The minimum atomic E-state index is -0.129. The Bertz CT molecular complexity index is 1150. The van der Waals surface area contributed by atoms with E-state index in [1.165, 1.54) is 17.4 Å². The van der Waals surface area contributed by atoms with Gasteiger partial charge in [-0.3, -0.25) is 9.69 Å². The van der Waals surface area contributed by atoms with E-state index in [1.54, 1.807) is 6.20 Å². The highest BCUT2D eigenvalue weighted by Crippen LogP contribution is 2.27. The fourth-order valence-corrected chi connectivity index (χ4v) is 5.34. The summed E-state index contributed by atoms with van der Waals surface area (Å²) in [4.78, 5) is 33.6. The molecule has 4 heterocycles. The van der Waals surface area contributed by atoms with Crippen LogP contribution in [0.25, 0.3) is 10.3 Å². The van der Waals surface area contributed by atoms with Crippen LogP contribution in [0.2, 0.25) is 0 Å². The molecule has 2 atom stereocenters. The molecule has 1 saturated heterocycles. The number of nitrogens with zero attached hydrogens (tertiary/aromatic N) is 5. The van der Waals surface area contributed by atoms with E-state index in [0.717, 1.165) is 79.7 Å². The molecule has 2 aliphatic rings. The number of rotatable bonds is 8. The fraction of sp³-hybridized carbons (Fsp3) is 0.458. The predicted octanol–water partition coefficient (Wildman–Crippen LogP) is 3.08. The van der Waals surface area contributed by atoms with Crippen molar-refractivity contribution in [3.8, 4) is 0 Å². The van der Waals surface area contributed by atoms with Gasteiger partial charge in [0.05, 0.1) is 18.9 Å². The van der Waals surface area contributed by atoms with E-state index in [9.17, 15) is 4.79 Å². The lowest BCUT2D eigenvalue weighted by Crippen LogP contribution is -2.41. The van der Waals surface area contributed by atoms with Gasteiger partial charge in [-0.2, -0.15) is 4.98 Å². The Balaban J connectivity index is 1.34. The minimum absolute atomic E-state index is 0.121. The molecule has 1 amide bonds. The molecule has 5 rings (SSSR count). The second kappa shape index (κ2) is 11.1. The maximum absolute atomic E-state index is 11.8. The number of anilines is 3. The number of hydrogen-bond acceptors (Lipinski definition) is 10. The molecule has 3 aromatic rings. The standard InChI is InChI=1S/C24H30N8O2S/c1-2-21(33)26-16-5-3-6-17(13-16)27-23-28-18(15-32-9-11-34-12-10-32)14-20(30-23)31-24-29-19-7-4-8-25-22(19)35-24/h2,4,7-8,14,16-17H,1,3,5-6,9-13,15H2,(H,26,33)(H2,27,28,29,30,31)/t16-,17-/m1/s1. The highest BCUT2D eigenvalue weighted by atomic mass is 32.1. The van der Waals surface area contributed by atoms with Crippen molar-refractivity contribution in [1.82, 2.24) is 30.2 Å². The maximum Gasteiger partial charge on any atom is 0.243 e. The van der Waals surface area contributed by atoms with Crippen LogP contribution < -0.4 is 16.0 Å². The van der Waals surface area contributed by atoms with E-state index in [-0.39, 0.29) is 18.0 Å². The van der Waals surface area contributed by atoms with Crippen molar-refractivity contribution < 1.29 is 9.53 Å². The quantitative estimate of drug-likeness (QED) is 0.406. The summed E-state index contributed by atoms with van der Waals surface area (Å²) < 4.78 is 5.49. The molecule has 1 aliphatic carbocycles. The third-order valence-electron chi connectivity index (χ3n) is 6.21. The van der Waals surface area contributed by atoms with Crippen LogP contribution >= 0.6 is 11.3 Å². The van der Waals surface area contributed by atoms with Crippen molar-refractivity contribution >= 4 is 44.5 Å². The first-order valence-electron chi connectivity index (χ1n) is 12.0. The molecule has 1 aliphatic heterocycles. The maximum atomic E-state index is 11.8. The molecule has 2 fully saturated rings. The van der Waals surface area contributed by atoms with Crippen molar-refractivity contribution in [3.05, 3.63) is 42.7 Å². The number of pyridine rings is 1. The Morgan fingerprint density at radius 1 is 1.23 bits per heavy atom. The number of fused-ring (bicyclic) bond motifs is 1. The Kier molecular flexibility index (Phi) is 7.45. The van der Waals surface area contributed by atoms with Crippen LogP contribution in [0, 0.1) is 0 Å². The summed E-state index contributed by atoms with van der Waals surface area (Å²) in [6, 6.07) is 6.11. The molecule has 0 radical (unpaired) electrons. The zero-order chi connectivity index (χ0) is 24.0. The van der Waals surface area contributed by atoms with Crippen LogP contribution in [0.4, 0.5) is 16.9 Å². The number of nitrogens with one attached hydrogen (secondary N) is 3. The average molecular weight is 495 g/mol. The van der Waals surface area contributed by atoms with Gasteiger partial charge in [-0.1, -0.05) is 17.9 Å². The summed E-state index contributed by atoms with van der Waals surface area (Å²) in [5.41, 5.74) is 1.79. The SMILES string of the molecule is C=CC(=O)N[C@@H]1CCC[C@@H](Nc2nc(CN3CCOCC3)cc(Nc3nc4cccnc4s3)n2)C1. The lowest BCUT2D eigenvalue weighted by atomic mass is 9.91. The molecule has 0 spiro atoms. The number of morpholine rings is 1. The van der Waals surface area contributed by atoms with E-state index >= 15 is 0 Å². The second-order valence-corrected chi connectivity index (χ2v) is 9.82. The first kappa shape index (κ1) is 23.6. The van der Waals surface area contributed by atoms with Gasteiger partial charge < -0.3 is 20.7 Å². The summed E-state index contributed by atoms with van der Waals surface area (Å²) in [6.07, 6.45) is 6.91. The molecular weight excluding hydrogens is 464 g/mol. The van der Waals surface area contributed by atoms with E-state index in [1.807, 2.05) is 18.2 Å². The van der Waals surface area contributed by atoms with E-state index in [2.05, 4.69) is 37.4 Å². The molecule has 1 saturated carbocycles. The number of carbonyl (C=O) groups excluding carboxylic acids is 1. The number of thiazole rings is 1. The number of ether oxygens (including phenoxy) is 1. The van der Waals surface area contributed by atoms with Crippen molar-refractivity contribution in [1.29, 1.82) is 0 Å². The van der Waals surface area contributed by atoms with Crippen molar-refractivity contribution in [2.24, 2.45) is 0 Å². The van der Waals surface area contributed by atoms with Gasteiger partial charge in [0.1, 0.15) is 16.2 Å². The van der Waals surface area contributed by atoms with E-state index < -0.39 is 0 Å². The van der Waals surface area contributed by atoms with Crippen molar-refractivity contribution in [2.75, 3.05) is 36.9 Å². The van der Waals surface area contributed by atoms with Crippen molar-refractivity contribution in [2.45, 2.75) is 44.3 Å². The van der Waals surface area contributed by atoms with Gasteiger partial charge in [-0.25, -0.2) is 15.0 Å². The van der Waals surface area contributed by atoms with Crippen LogP contribution in [-0.2, 0) is 16.1 Å². The molecular formula is C24H30N8O2S. The second-order valence-electron chi connectivity index (χ2n) is 8.85. The van der Waals surface area contributed by atoms with Gasteiger partial charge in [0.15, 0.2) is 5.13 Å². The minimum Gasteiger partial charge on any atom is -0.379 e. The smallest absolute Gasteiger partial charge is 0.243 e. The van der Waals surface area contributed by atoms with Gasteiger partial charge in [-0.05, 0) is 43.9 Å². The lowest BCUT2D eigenvalue weighted by Gasteiger charge is -2.30. The number of hydrogen-bond donors (Lipinski definition) is 3. The van der Waals surface area contributed by atoms with Gasteiger partial charge in [-0.15, -0.1) is 0 Å². The molecule has 10 nitrogen and oxygen atoms in total. The topological polar surface area (TPSA) is 117 Å². The fourth-order valence-electron chi connectivity index (χ4n) is 4.52. The molecule has 35 heavy (non-hydrogen) atoms. The first-order valence-corrected chi connectivity index (χ1v) is 12.8. The van der Waals surface area contributed by atoms with E-state index in [0.29, 0.717) is 11.8 Å². The average Bonchev–Trinajstić information content (AvgIpc) is 3.27. The van der Waals surface area contributed by atoms with Crippen LogP contribution in [0.5, 0.6) is 0 Å². The third-order valence-corrected chi connectivity index (χ3v) is 7.10. The first-order chi connectivity index (χ1) is 17.1. The third kappa shape index (κ3) is 6.30. The van der Waals surface area contributed by atoms with Crippen LogP contribution in [0.3, 0.4) is 0 Å². The lowest BCUT2D eigenvalue weighted by molar-refractivity contribution is -0.117. The van der Waals surface area contributed by atoms with Crippen LogP contribution in [-0.4, -0.2) is 69.1 Å². The summed E-state index contributed by atoms with van der Waals surface area (Å²) in [7, 11) is 0. The predicted molar refractivity (Wildman–Crippen MR) is 137 cm³/mol. The highest BCUT2D eigenvalue weighted by Gasteiger charge is 2.24. The van der Waals surface area contributed by atoms with Crippen LogP contribution in [0.15, 0.2) is 37.1 Å². The Morgan fingerprint density at radius 3 is 2.91 bits per heavy atom. The number of amides is 1. The summed E-state index contributed by atoms with van der Waals surface area (Å²) in [5.74, 6) is 1.14. The zero-order valence-electron chi connectivity index (χ0n) is 19.6. The number of carbonyl (C=O) groups is 1. The summed E-state index contributed by atoms with van der Waals surface area (Å²) in [5, 5.41) is 10.6. The largest absolute Gasteiger partial charge is 0.379 e. The normalized spacial score (nSPS) is 20.9. The van der Waals surface area contributed by atoms with Gasteiger partial charge >= 0.3 is 0 Å². The Labute approximate surface area is 208 Å². The molecule has 0 bridgehead atoms. The van der Waals surface area contributed by atoms with E-state index in [4.69, 9.17) is 14.7 Å². The number of aromatic nitrogens is 4. The summed E-state index contributed by atoms with van der Waals surface area (Å²) in [6.45, 7) is 7.51. The zero-order valence-corrected chi connectivity index (χ0v) is 20.4. The van der Waals surface area contributed by atoms with Crippen LogP contribution in [0.1, 0.15) is 31.4 Å².